The Morgan fingerprint density at radius 1 is 1.14 bits per heavy atom. The second kappa shape index (κ2) is 7.50. The van der Waals surface area contributed by atoms with Gasteiger partial charge in [0.15, 0.2) is 0 Å². The molecule has 2 aromatic rings. The number of carboxylic acid groups (broad SMARTS) is 1. The molecule has 1 saturated heterocycles. The van der Waals surface area contributed by atoms with E-state index in [-0.39, 0.29) is 36.3 Å². The van der Waals surface area contributed by atoms with Gasteiger partial charge in [-0.3, -0.25) is 28.8 Å². The lowest BCUT2D eigenvalue weighted by Gasteiger charge is -2.28. The van der Waals surface area contributed by atoms with Crippen molar-refractivity contribution in [2.45, 2.75) is 56.9 Å². The summed E-state index contributed by atoms with van der Waals surface area (Å²) in [5.74, 6) is -1.03. The SMILES string of the molecule is Cn1c(=O)n(C2CCC(=O)NC2=O)c2cccc(C3CCC(CC(=O)O)CC3)c21. The molecule has 2 aliphatic rings. The highest BCUT2D eigenvalue weighted by atomic mass is 16.4. The fourth-order valence-electron chi connectivity index (χ4n) is 4.95. The van der Waals surface area contributed by atoms with Gasteiger partial charge in [-0.25, -0.2) is 4.79 Å². The van der Waals surface area contributed by atoms with E-state index in [1.807, 2.05) is 18.2 Å². The number of imide groups is 1. The molecule has 2 N–H and O–H groups in total. The van der Waals surface area contributed by atoms with E-state index in [4.69, 9.17) is 5.11 Å². The molecule has 1 aromatic heterocycles. The molecule has 4 rings (SSSR count). The zero-order valence-corrected chi connectivity index (χ0v) is 16.4. The molecule has 2 amide bonds. The second-order valence-electron chi connectivity index (χ2n) is 8.21. The van der Waals surface area contributed by atoms with Gasteiger partial charge >= 0.3 is 11.7 Å². The lowest BCUT2D eigenvalue weighted by atomic mass is 9.77. The van der Waals surface area contributed by atoms with Crippen molar-refractivity contribution in [3.63, 3.8) is 0 Å². The molecular formula is C21H25N3O5. The average molecular weight is 399 g/mol. The van der Waals surface area contributed by atoms with E-state index in [9.17, 15) is 19.2 Å². The van der Waals surface area contributed by atoms with Gasteiger partial charge in [0, 0.05) is 19.9 Å². The molecule has 1 aromatic carbocycles. The van der Waals surface area contributed by atoms with Crippen molar-refractivity contribution in [2.75, 3.05) is 0 Å². The number of hydrogen-bond donors (Lipinski definition) is 2. The fourth-order valence-corrected chi connectivity index (χ4v) is 4.95. The van der Waals surface area contributed by atoms with E-state index < -0.39 is 17.9 Å². The van der Waals surface area contributed by atoms with Gasteiger partial charge in [0.2, 0.25) is 11.8 Å². The number of carbonyl (C=O) groups excluding carboxylic acids is 2. The Labute approximate surface area is 167 Å². The molecule has 8 nitrogen and oxygen atoms in total. The van der Waals surface area contributed by atoms with Gasteiger partial charge in [-0.05, 0) is 55.6 Å². The molecular weight excluding hydrogens is 374 g/mol. The number of rotatable bonds is 4. The lowest BCUT2D eigenvalue weighted by molar-refractivity contribution is -0.138. The highest BCUT2D eigenvalue weighted by Gasteiger charge is 2.32. The number of amides is 2. The van der Waals surface area contributed by atoms with Crippen LogP contribution in [0.2, 0.25) is 0 Å². The summed E-state index contributed by atoms with van der Waals surface area (Å²) in [7, 11) is 1.71. The Balaban J connectivity index is 1.70. The Morgan fingerprint density at radius 3 is 2.52 bits per heavy atom. The van der Waals surface area contributed by atoms with Crippen LogP contribution in [-0.4, -0.2) is 32.0 Å². The Kier molecular flexibility index (Phi) is 5.02. The summed E-state index contributed by atoms with van der Waals surface area (Å²) in [6.45, 7) is 0. The Morgan fingerprint density at radius 2 is 1.86 bits per heavy atom. The van der Waals surface area contributed by atoms with Crippen molar-refractivity contribution in [1.82, 2.24) is 14.5 Å². The number of nitrogens with zero attached hydrogens (tertiary/aromatic N) is 2. The fraction of sp³-hybridized carbons (Fsp3) is 0.524. The summed E-state index contributed by atoms with van der Waals surface area (Å²) in [4.78, 5) is 47.9. The number of imidazole rings is 1. The maximum atomic E-state index is 13.0. The van der Waals surface area contributed by atoms with Gasteiger partial charge in [0.05, 0.1) is 11.0 Å². The summed E-state index contributed by atoms with van der Waals surface area (Å²) < 4.78 is 3.11. The van der Waals surface area contributed by atoms with Crippen LogP contribution in [0.1, 0.15) is 62.5 Å². The van der Waals surface area contributed by atoms with Crippen molar-refractivity contribution in [3.05, 3.63) is 34.2 Å². The molecule has 2 fully saturated rings. The van der Waals surface area contributed by atoms with Crippen molar-refractivity contribution >= 4 is 28.8 Å². The summed E-state index contributed by atoms with van der Waals surface area (Å²) in [5.41, 5.74) is 2.34. The number of carboxylic acids is 1. The van der Waals surface area contributed by atoms with Crippen molar-refractivity contribution in [1.29, 1.82) is 0 Å². The number of aryl methyl sites for hydroxylation is 1. The molecule has 1 aliphatic carbocycles. The molecule has 0 spiro atoms. The van der Waals surface area contributed by atoms with Crippen LogP contribution in [0.4, 0.5) is 0 Å². The van der Waals surface area contributed by atoms with Crippen molar-refractivity contribution < 1.29 is 19.5 Å². The molecule has 154 valence electrons. The highest BCUT2D eigenvalue weighted by molar-refractivity contribution is 6.00. The number of nitrogens with one attached hydrogen (secondary N) is 1. The molecule has 0 radical (unpaired) electrons. The molecule has 1 atom stereocenters. The largest absolute Gasteiger partial charge is 0.481 e. The standard InChI is InChI=1S/C21H25N3O5/c1-23-19-14(13-7-5-12(6-8-13)11-18(26)27)3-2-4-15(19)24(21(23)29)16-9-10-17(25)22-20(16)28/h2-4,12-13,16H,5-11H2,1H3,(H,26,27)(H,22,25,28). The maximum Gasteiger partial charge on any atom is 0.329 e. The third-order valence-corrected chi connectivity index (χ3v) is 6.41. The van der Waals surface area contributed by atoms with E-state index >= 15 is 0 Å². The van der Waals surface area contributed by atoms with Crippen LogP contribution in [-0.2, 0) is 21.4 Å². The number of piperidine rings is 1. The summed E-state index contributed by atoms with van der Waals surface area (Å²) >= 11 is 0. The predicted molar refractivity (Wildman–Crippen MR) is 106 cm³/mol. The molecule has 1 unspecified atom stereocenters. The monoisotopic (exact) mass is 399 g/mol. The van der Waals surface area contributed by atoms with E-state index in [0.717, 1.165) is 36.8 Å². The van der Waals surface area contributed by atoms with Crippen LogP contribution >= 0.6 is 0 Å². The van der Waals surface area contributed by atoms with Gasteiger partial charge in [0.25, 0.3) is 0 Å². The van der Waals surface area contributed by atoms with Gasteiger partial charge < -0.3 is 5.11 Å². The van der Waals surface area contributed by atoms with Crippen LogP contribution in [0.15, 0.2) is 23.0 Å². The first kappa shape index (κ1) is 19.4. The number of para-hydroxylation sites is 1. The van der Waals surface area contributed by atoms with E-state index in [1.54, 1.807) is 11.6 Å². The van der Waals surface area contributed by atoms with E-state index in [0.29, 0.717) is 11.9 Å². The highest BCUT2D eigenvalue weighted by Crippen LogP contribution is 2.39. The number of aromatic nitrogens is 2. The minimum absolute atomic E-state index is 0.208. The molecule has 0 bridgehead atoms. The quantitative estimate of drug-likeness (QED) is 0.765. The Bertz CT molecular complexity index is 1040. The van der Waals surface area contributed by atoms with Crippen LogP contribution in [0.3, 0.4) is 0 Å². The number of hydrogen-bond acceptors (Lipinski definition) is 4. The minimum atomic E-state index is -0.751. The Hall–Kier alpha value is -2.90. The van der Waals surface area contributed by atoms with Crippen LogP contribution in [0, 0.1) is 5.92 Å². The second-order valence-corrected chi connectivity index (χ2v) is 8.21. The third kappa shape index (κ3) is 3.47. The van der Waals surface area contributed by atoms with Crippen molar-refractivity contribution in [3.8, 4) is 0 Å². The van der Waals surface area contributed by atoms with Crippen LogP contribution < -0.4 is 11.0 Å². The molecule has 2 heterocycles. The summed E-state index contributed by atoms with van der Waals surface area (Å²) in [6, 6.07) is 5.09. The van der Waals surface area contributed by atoms with E-state index in [2.05, 4.69) is 5.32 Å². The molecule has 29 heavy (non-hydrogen) atoms. The van der Waals surface area contributed by atoms with Gasteiger partial charge in [-0.2, -0.15) is 0 Å². The van der Waals surface area contributed by atoms with E-state index in [1.165, 1.54) is 4.57 Å². The number of benzene rings is 1. The normalized spacial score (nSPS) is 25.2. The third-order valence-electron chi connectivity index (χ3n) is 6.41. The average Bonchev–Trinajstić information content (AvgIpc) is 2.93. The first-order valence-electron chi connectivity index (χ1n) is 10.1. The molecule has 1 aliphatic heterocycles. The molecule has 1 saturated carbocycles. The predicted octanol–water partition coefficient (Wildman–Crippen LogP) is 2.07. The van der Waals surface area contributed by atoms with Gasteiger partial charge in [-0.15, -0.1) is 0 Å². The lowest BCUT2D eigenvalue weighted by Crippen LogP contribution is -2.44. The maximum absolute atomic E-state index is 13.0. The van der Waals surface area contributed by atoms with Gasteiger partial charge in [0.1, 0.15) is 6.04 Å². The smallest absolute Gasteiger partial charge is 0.329 e. The first-order chi connectivity index (χ1) is 13.9. The van der Waals surface area contributed by atoms with Crippen LogP contribution in [0.25, 0.3) is 11.0 Å². The minimum Gasteiger partial charge on any atom is -0.481 e. The van der Waals surface area contributed by atoms with Gasteiger partial charge in [-0.1, -0.05) is 12.1 Å². The summed E-state index contributed by atoms with van der Waals surface area (Å²) in [6.07, 6.45) is 4.22. The number of fused-ring (bicyclic) bond motifs is 1. The first-order valence-corrected chi connectivity index (χ1v) is 10.1. The topological polar surface area (TPSA) is 110 Å². The zero-order chi connectivity index (χ0) is 20.7. The molecule has 8 heteroatoms. The zero-order valence-electron chi connectivity index (χ0n) is 16.4. The number of aliphatic carboxylic acids is 1. The van der Waals surface area contributed by atoms with Crippen molar-refractivity contribution in [2.24, 2.45) is 13.0 Å². The number of carbonyl (C=O) groups is 3. The summed E-state index contributed by atoms with van der Waals surface area (Å²) in [5, 5.41) is 11.4. The van der Waals surface area contributed by atoms with Crippen LogP contribution in [0.5, 0.6) is 0 Å².